The largest absolute Gasteiger partial charge is 0.382 e. The minimum Gasteiger partial charge on any atom is -0.382 e. The number of hydrogen-bond acceptors (Lipinski definition) is 7. The van der Waals surface area contributed by atoms with Crippen molar-refractivity contribution in [2.75, 3.05) is 0 Å². The summed E-state index contributed by atoms with van der Waals surface area (Å²) in [5.41, 5.74) is 2.62. The van der Waals surface area contributed by atoms with Crippen LogP contribution >= 0.6 is 22.9 Å². The highest BCUT2D eigenvalue weighted by Gasteiger charge is 2.23. The number of nitrogens with zero attached hydrogens (tertiary/aromatic N) is 4. The normalized spacial score (nSPS) is 12.1. The van der Waals surface area contributed by atoms with Gasteiger partial charge in [-0.25, -0.2) is 9.97 Å². The highest BCUT2D eigenvalue weighted by molar-refractivity contribution is 7.18. The zero-order valence-corrected chi connectivity index (χ0v) is 16.9. The van der Waals surface area contributed by atoms with E-state index in [0.29, 0.717) is 37.7 Å². The monoisotopic (exact) mass is 425 g/mol. The maximum Gasteiger partial charge on any atom is 0.167 e. The molecule has 0 aliphatic rings. The molecule has 4 aromatic rings. The molecule has 3 heterocycles. The number of aliphatic hydroxyl groups is 1. The maximum absolute atomic E-state index is 11.4. The highest BCUT2D eigenvalue weighted by atomic mass is 35.5. The van der Waals surface area contributed by atoms with Crippen molar-refractivity contribution in [1.29, 1.82) is 0 Å². The summed E-state index contributed by atoms with van der Waals surface area (Å²) in [4.78, 5) is 25.3. The third kappa shape index (κ3) is 4.24. The summed E-state index contributed by atoms with van der Waals surface area (Å²) in [6.07, 6.45) is 2.35. The molecule has 146 valence electrons. The van der Waals surface area contributed by atoms with Crippen LogP contribution in [0.4, 0.5) is 0 Å². The molecule has 2 N–H and O–H groups in total. The van der Waals surface area contributed by atoms with Gasteiger partial charge in [0.15, 0.2) is 5.82 Å². The standard InChI is InChI=1S/C20H16ClN5O2S/c1-11(27)8-15-9-13(6-7-22-15)20-25-16(18(29-20)19-23-10-24-26-19)17(28)12-2-4-14(21)5-3-12/h2-7,9-10,17,28H,8H2,1H3,(H,23,24,26). The lowest BCUT2D eigenvalue weighted by atomic mass is 10.1. The molecule has 29 heavy (non-hydrogen) atoms. The predicted molar refractivity (Wildman–Crippen MR) is 111 cm³/mol. The lowest BCUT2D eigenvalue weighted by molar-refractivity contribution is -0.116. The van der Waals surface area contributed by atoms with E-state index in [2.05, 4.69) is 20.2 Å². The van der Waals surface area contributed by atoms with E-state index in [1.54, 1.807) is 30.5 Å². The van der Waals surface area contributed by atoms with Crippen LogP contribution in [0.3, 0.4) is 0 Å². The molecule has 7 nitrogen and oxygen atoms in total. The Hall–Kier alpha value is -2.94. The van der Waals surface area contributed by atoms with Gasteiger partial charge < -0.3 is 5.11 Å². The van der Waals surface area contributed by atoms with Gasteiger partial charge in [0, 0.05) is 28.9 Å². The average Bonchev–Trinajstić information content (AvgIpc) is 3.37. The number of aromatic nitrogens is 5. The number of carbonyl (C=O) groups excluding carboxylic acids is 1. The first-order chi connectivity index (χ1) is 14.0. The molecular formula is C20H16ClN5O2S. The Kier molecular flexibility index (Phi) is 5.48. The van der Waals surface area contributed by atoms with Gasteiger partial charge in [-0.1, -0.05) is 23.7 Å². The molecule has 3 aromatic heterocycles. The fourth-order valence-electron chi connectivity index (χ4n) is 2.89. The first kappa shape index (κ1) is 19.4. The highest BCUT2D eigenvalue weighted by Crippen LogP contribution is 2.38. The molecular weight excluding hydrogens is 410 g/mol. The van der Waals surface area contributed by atoms with Crippen LogP contribution in [-0.2, 0) is 11.2 Å². The van der Waals surface area contributed by atoms with E-state index in [0.717, 1.165) is 5.56 Å². The minimum atomic E-state index is -0.962. The van der Waals surface area contributed by atoms with Gasteiger partial charge in [-0.05, 0) is 36.8 Å². The summed E-state index contributed by atoms with van der Waals surface area (Å²) in [5, 5.41) is 19.0. The van der Waals surface area contributed by atoms with Crippen LogP contribution < -0.4 is 0 Å². The molecule has 0 amide bonds. The van der Waals surface area contributed by atoms with Gasteiger partial charge in [-0.15, -0.1) is 11.3 Å². The van der Waals surface area contributed by atoms with Crippen molar-refractivity contribution in [2.24, 2.45) is 0 Å². The van der Waals surface area contributed by atoms with E-state index in [-0.39, 0.29) is 12.2 Å². The topological polar surface area (TPSA) is 105 Å². The van der Waals surface area contributed by atoms with Crippen molar-refractivity contribution in [3.8, 4) is 21.3 Å². The van der Waals surface area contributed by atoms with Crippen LogP contribution in [0, 0.1) is 0 Å². The number of thiazole rings is 1. The van der Waals surface area contributed by atoms with E-state index in [4.69, 9.17) is 16.6 Å². The molecule has 1 unspecified atom stereocenters. The van der Waals surface area contributed by atoms with Gasteiger partial charge in [-0.2, -0.15) is 5.10 Å². The first-order valence-corrected chi connectivity index (χ1v) is 9.95. The second-order valence-electron chi connectivity index (χ2n) is 6.44. The number of ketones is 1. The van der Waals surface area contributed by atoms with Gasteiger partial charge in [0.05, 0.1) is 10.6 Å². The number of pyridine rings is 1. The van der Waals surface area contributed by atoms with E-state index in [1.165, 1.54) is 24.6 Å². The number of benzene rings is 1. The quantitative estimate of drug-likeness (QED) is 0.486. The number of aliphatic hydroxyl groups excluding tert-OH is 1. The molecule has 0 bridgehead atoms. The number of nitrogens with one attached hydrogen (secondary N) is 1. The molecule has 0 fully saturated rings. The zero-order chi connectivity index (χ0) is 20.4. The van der Waals surface area contributed by atoms with Crippen molar-refractivity contribution < 1.29 is 9.90 Å². The smallest absolute Gasteiger partial charge is 0.167 e. The van der Waals surface area contributed by atoms with Gasteiger partial charge in [0.25, 0.3) is 0 Å². The summed E-state index contributed by atoms with van der Waals surface area (Å²) in [6, 6.07) is 10.6. The second kappa shape index (κ2) is 8.20. The van der Waals surface area contributed by atoms with Crippen LogP contribution in [0.15, 0.2) is 48.9 Å². The lowest BCUT2D eigenvalue weighted by Crippen LogP contribution is -2.02. The van der Waals surface area contributed by atoms with Crippen LogP contribution in [-0.4, -0.2) is 36.0 Å². The molecule has 0 radical (unpaired) electrons. The molecule has 9 heteroatoms. The van der Waals surface area contributed by atoms with Crippen molar-refractivity contribution >= 4 is 28.7 Å². The van der Waals surface area contributed by atoms with Crippen LogP contribution in [0.1, 0.15) is 30.0 Å². The summed E-state index contributed by atoms with van der Waals surface area (Å²) in [7, 11) is 0. The van der Waals surface area contributed by atoms with Gasteiger partial charge in [-0.3, -0.25) is 14.9 Å². The molecule has 0 aliphatic heterocycles. The predicted octanol–water partition coefficient (Wildman–Crippen LogP) is 3.86. The Bertz CT molecular complexity index is 1140. The second-order valence-corrected chi connectivity index (χ2v) is 7.87. The van der Waals surface area contributed by atoms with Gasteiger partial charge >= 0.3 is 0 Å². The molecule has 4 rings (SSSR count). The van der Waals surface area contributed by atoms with Crippen molar-refractivity contribution in [1.82, 2.24) is 25.1 Å². The third-order valence-corrected chi connectivity index (χ3v) is 5.60. The van der Waals surface area contributed by atoms with E-state index in [9.17, 15) is 9.90 Å². The molecule has 0 aliphatic carbocycles. The third-order valence-electron chi connectivity index (χ3n) is 4.22. The summed E-state index contributed by atoms with van der Waals surface area (Å²) >= 11 is 7.34. The molecule has 0 saturated heterocycles. The number of aromatic amines is 1. The van der Waals surface area contributed by atoms with Crippen LogP contribution in [0.2, 0.25) is 5.02 Å². The summed E-state index contributed by atoms with van der Waals surface area (Å²) in [5.74, 6) is 0.560. The fourth-order valence-corrected chi connectivity index (χ4v) is 4.06. The average molecular weight is 426 g/mol. The van der Waals surface area contributed by atoms with E-state index < -0.39 is 6.10 Å². The zero-order valence-electron chi connectivity index (χ0n) is 15.3. The van der Waals surface area contributed by atoms with E-state index in [1.807, 2.05) is 12.1 Å². The van der Waals surface area contributed by atoms with Crippen molar-refractivity contribution in [3.05, 3.63) is 70.9 Å². The van der Waals surface area contributed by atoms with Crippen molar-refractivity contribution in [2.45, 2.75) is 19.4 Å². The Balaban J connectivity index is 1.78. The molecule has 0 saturated carbocycles. The van der Waals surface area contributed by atoms with Crippen LogP contribution in [0.5, 0.6) is 0 Å². The fraction of sp³-hybridized carbons (Fsp3) is 0.150. The van der Waals surface area contributed by atoms with Crippen molar-refractivity contribution in [3.63, 3.8) is 0 Å². The van der Waals surface area contributed by atoms with Gasteiger partial charge in [0.2, 0.25) is 0 Å². The summed E-state index contributed by atoms with van der Waals surface area (Å²) < 4.78 is 0. The number of halogens is 1. The number of Topliss-reactive ketones (excluding diaryl/α,β-unsaturated/α-hetero) is 1. The molecule has 1 aromatic carbocycles. The Morgan fingerprint density at radius 2 is 2.03 bits per heavy atom. The number of H-pyrrole nitrogens is 1. The minimum absolute atomic E-state index is 0.0370. The lowest BCUT2D eigenvalue weighted by Gasteiger charge is -2.10. The maximum atomic E-state index is 11.4. The summed E-state index contributed by atoms with van der Waals surface area (Å²) in [6.45, 7) is 1.53. The Morgan fingerprint density at radius 3 is 2.72 bits per heavy atom. The SMILES string of the molecule is CC(=O)Cc1cc(-c2nc(C(O)c3ccc(Cl)cc3)c(-c3ncn[nH]3)s2)ccn1. The Labute approximate surface area is 175 Å². The van der Waals surface area contributed by atoms with Gasteiger partial charge in [0.1, 0.15) is 23.2 Å². The first-order valence-electron chi connectivity index (χ1n) is 8.76. The van der Waals surface area contributed by atoms with Crippen LogP contribution in [0.25, 0.3) is 21.3 Å². The number of carbonyl (C=O) groups is 1. The molecule has 0 spiro atoms. The Morgan fingerprint density at radius 1 is 1.24 bits per heavy atom. The number of rotatable bonds is 6. The molecule has 1 atom stereocenters. The number of hydrogen-bond donors (Lipinski definition) is 2. The van der Waals surface area contributed by atoms with E-state index >= 15 is 0 Å².